The van der Waals surface area contributed by atoms with Gasteiger partial charge in [-0.3, -0.25) is 9.97 Å². The summed E-state index contributed by atoms with van der Waals surface area (Å²) in [5.74, 6) is 2.09. The van der Waals surface area contributed by atoms with Gasteiger partial charge in [-0.05, 0) is 26.7 Å². The van der Waals surface area contributed by atoms with Crippen molar-refractivity contribution in [1.82, 2.24) is 19.9 Å². The Morgan fingerprint density at radius 3 is 2.48 bits per heavy atom. The Morgan fingerprint density at radius 1 is 1.13 bits per heavy atom. The molecule has 3 rings (SSSR count). The zero-order valence-corrected chi connectivity index (χ0v) is 14.8. The lowest BCUT2D eigenvalue weighted by Gasteiger charge is -2.32. The average Bonchev–Trinajstić information content (AvgIpc) is 2.43. The predicted molar refractivity (Wildman–Crippen MR) is 95.3 cm³/mol. The lowest BCUT2D eigenvalue weighted by molar-refractivity contribution is 0.344. The molecule has 0 aromatic carbocycles. The first-order valence-corrected chi connectivity index (χ1v) is 7.22. The number of hydrogen-bond donors (Lipinski definition) is 2. The van der Waals surface area contributed by atoms with E-state index >= 15 is 0 Å². The van der Waals surface area contributed by atoms with Gasteiger partial charge in [-0.1, -0.05) is 0 Å². The van der Waals surface area contributed by atoms with Gasteiger partial charge in [-0.15, -0.1) is 24.8 Å². The van der Waals surface area contributed by atoms with E-state index in [1.807, 2.05) is 19.9 Å². The van der Waals surface area contributed by atoms with Crippen molar-refractivity contribution in [2.24, 2.45) is 5.73 Å². The third kappa shape index (κ3) is 4.99. The molecule has 6 nitrogen and oxygen atoms in total. The molecule has 2 aromatic rings. The van der Waals surface area contributed by atoms with Crippen LogP contribution in [0.1, 0.15) is 41.7 Å². The fraction of sp³-hybridized carbons (Fsp3) is 0.467. The van der Waals surface area contributed by atoms with E-state index < -0.39 is 0 Å². The molecule has 1 saturated carbocycles. The number of hydrogen-bond acceptors (Lipinski definition) is 6. The molecule has 1 aliphatic rings. The number of halogens is 2. The molecule has 0 aliphatic heterocycles. The van der Waals surface area contributed by atoms with Crippen molar-refractivity contribution in [3.05, 3.63) is 41.4 Å². The first-order valence-electron chi connectivity index (χ1n) is 7.22. The smallest absolute Gasteiger partial charge is 0.130 e. The maximum Gasteiger partial charge on any atom is 0.130 e. The van der Waals surface area contributed by atoms with Crippen LogP contribution in [0.4, 0.5) is 5.82 Å². The van der Waals surface area contributed by atoms with Crippen LogP contribution in [0.2, 0.25) is 0 Å². The summed E-state index contributed by atoms with van der Waals surface area (Å²) < 4.78 is 0. The predicted octanol–water partition coefficient (Wildman–Crippen LogP) is 2.54. The minimum absolute atomic E-state index is 0. The Bertz CT molecular complexity index is 628. The van der Waals surface area contributed by atoms with E-state index in [1.165, 1.54) is 0 Å². The Balaban J connectivity index is 0.00000132. The number of anilines is 1. The second kappa shape index (κ2) is 8.38. The maximum absolute atomic E-state index is 5.85. The topological polar surface area (TPSA) is 89.6 Å². The van der Waals surface area contributed by atoms with E-state index in [1.54, 1.807) is 12.4 Å². The van der Waals surface area contributed by atoms with Crippen molar-refractivity contribution in [1.29, 1.82) is 0 Å². The van der Waals surface area contributed by atoms with Crippen molar-refractivity contribution in [3.8, 4) is 0 Å². The summed E-state index contributed by atoms with van der Waals surface area (Å²) in [5, 5.41) is 3.29. The van der Waals surface area contributed by atoms with Crippen molar-refractivity contribution in [2.45, 2.75) is 45.2 Å². The summed E-state index contributed by atoms with van der Waals surface area (Å²) in [6, 6.07) is 2.34. The Labute approximate surface area is 148 Å². The number of aromatic nitrogens is 4. The van der Waals surface area contributed by atoms with Crippen LogP contribution in [0.5, 0.6) is 0 Å². The molecule has 3 N–H and O–H groups in total. The van der Waals surface area contributed by atoms with Crippen LogP contribution in [0.3, 0.4) is 0 Å². The van der Waals surface area contributed by atoms with Gasteiger partial charge >= 0.3 is 0 Å². The molecule has 1 aliphatic carbocycles. The molecule has 2 aromatic heterocycles. The van der Waals surface area contributed by atoms with Crippen LogP contribution in [0, 0.1) is 13.8 Å². The molecule has 0 atom stereocenters. The number of nitrogens with one attached hydrogen (secondary N) is 1. The molecule has 0 spiro atoms. The van der Waals surface area contributed by atoms with Crippen LogP contribution >= 0.6 is 24.8 Å². The third-order valence-electron chi connectivity index (χ3n) is 3.74. The van der Waals surface area contributed by atoms with Gasteiger partial charge in [-0.25, -0.2) is 9.97 Å². The SMILES string of the molecule is Cc1cnc(CNc2cc(C3CC(N)C3)nc(C)n2)cn1.Cl.Cl. The molecule has 126 valence electrons. The highest BCUT2D eigenvalue weighted by Crippen LogP contribution is 2.35. The lowest BCUT2D eigenvalue weighted by atomic mass is 9.78. The second-order valence-corrected chi connectivity index (χ2v) is 5.66. The molecule has 0 saturated heterocycles. The minimum Gasteiger partial charge on any atom is -0.364 e. The van der Waals surface area contributed by atoms with Crippen LogP contribution in [0.25, 0.3) is 0 Å². The van der Waals surface area contributed by atoms with Gasteiger partial charge in [0.25, 0.3) is 0 Å². The second-order valence-electron chi connectivity index (χ2n) is 5.66. The first-order chi connectivity index (χ1) is 10.1. The number of rotatable bonds is 4. The van der Waals surface area contributed by atoms with Gasteiger partial charge in [0.05, 0.1) is 24.1 Å². The quantitative estimate of drug-likeness (QED) is 0.874. The molecular weight excluding hydrogens is 335 g/mol. The normalized spacial score (nSPS) is 19.1. The third-order valence-corrected chi connectivity index (χ3v) is 3.74. The van der Waals surface area contributed by atoms with Gasteiger partial charge in [0.1, 0.15) is 11.6 Å². The Morgan fingerprint density at radius 2 is 1.87 bits per heavy atom. The van der Waals surface area contributed by atoms with Gasteiger partial charge in [0.15, 0.2) is 0 Å². The van der Waals surface area contributed by atoms with Crippen LogP contribution < -0.4 is 11.1 Å². The molecule has 23 heavy (non-hydrogen) atoms. The van der Waals surface area contributed by atoms with Crippen molar-refractivity contribution in [3.63, 3.8) is 0 Å². The molecule has 1 fully saturated rings. The molecule has 0 unspecified atom stereocenters. The highest BCUT2D eigenvalue weighted by molar-refractivity contribution is 5.85. The molecule has 0 radical (unpaired) electrons. The van der Waals surface area contributed by atoms with E-state index in [0.29, 0.717) is 18.5 Å². The summed E-state index contributed by atoms with van der Waals surface area (Å²) in [7, 11) is 0. The molecule has 0 amide bonds. The maximum atomic E-state index is 5.85. The standard InChI is InChI=1S/C15H20N6.2ClH/c1-9-6-18-13(7-17-9)8-19-15-5-14(20-10(2)21-15)11-3-12(16)4-11;;/h5-7,11-12H,3-4,8,16H2,1-2H3,(H,19,20,21);2*1H. The fourth-order valence-corrected chi connectivity index (χ4v) is 2.49. The molecule has 8 heteroatoms. The van der Waals surface area contributed by atoms with E-state index in [9.17, 15) is 0 Å². The van der Waals surface area contributed by atoms with E-state index in [-0.39, 0.29) is 24.8 Å². The number of aryl methyl sites for hydroxylation is 2. The van der Waals surface area contributed by atoms with Crippen molar-refractivity contribution < 1.29 is 0 Å². The van der Waals surface area contributed by atoms with Gasteiger partial charge in [0.2, 0.25) is 0 Å². The van der Waals surface area contributed by atoms with Crippen LogP contribution in [-0.4, -0.2) is 26.0 Å². The highest BCUT2D eigenvalue weighted by atomic mass is 35.5. The van der Waals surface area contributed by atoms with E-state index in [2.05, 4.69) is 25.3 Å². The molecule has 2 heterocycles. The number of nitrogens with two attached hydrogens (primary N) is 1. The summed E-state index contributed by atoms with van der Waals surface area (Å²) in [5.41, 5.74) is 8.75. The summed E-state index contributed by atoms with van der Waals surface area (Å²) >= 11 is 0. The molecular formula is C15H22Cl2N6. The minimum atomic E-state index is 0. The summed E-state index contributed by atoms with van der Waals surface area (Å²) in [6.45, 7) is 4.44. The Hall–Kier alpha value is -1.50. The van der Waals surface area contributed by atoms with Gasteiger partial charge in [0, 0.05) is 29.9 Å². The van der Waals surface area contributed by atoms with Crippen molar-refractivity contribution >= 4 is 30.6 Å². The van der Waals surface area contributed by atoms with Gasteiger partial charge < -0.3 is 11.1 Å². The number of nitrogens with zero attached hydrogens (tertiary/aromatic N) is 4. The zero-order valence-electron chi connectivity index (χ0n) is 13.2. The van der Waals surface area contributed by atoms with Crippen molar-refractivity contribution in [2.75, 3.05) is 5.32 Å². The molecule has 0 bridgehead atoms. The average molecular weight is 357 g/mol. The van der Waals surface area contributed by atoms with E-state index in [0.717, 1.165) is 41.6 Å². The lowest BCUT2D eigenvalue weighted by Crippen LogP contribution is -2.35. The van der Waals surface area contributed by atoms with Crippen LogP contribution in [0.15, 0.2) is 18.5 Å². The zero-order chi connectivity index (χ0) is 14.8. The fourth-order valence-electron chi connectivity index (χ4n) is 2.49. The van der Waals surface area contributed by atoms with Gasteiger partial charge in [-0.2, -0.15) is 0 Å². The highest BCUT2D eigenvalue weighted by Gasteiger charge is 2.28. The monoisotopic (exact) mass is 356 g/mol. The van der Waals surface area contributed by atoms with Crippen LogP contribution in [-0.2, 0) is 6.54 Å². The Kier molecular flexibility index (Phi) is 7.12. The summed E-state index contributed by atoms with van der Waals surface area (Å²) in [4.78, 5) is 17.5. The first kappa shape index (κ1) is 19.5. The summed E-state index contributed by atoms with van der Waals surface area (Å²) in [6.07, 6.45) is 5.57. The largest absolute Gasteiger partial charge is 0.364 e. The van der Waals surface area contributed by atoms with E-state index in [4.69, 9.17) is 5.73 Å².